The predicted molar refractivity (Wildman–Crippen MR) is 126 cm³/mol. The average Bonchev–Trinajstić information content (AvgIpc) is 3.37. The van der Waals surface area contributed by atoms with Gasteiger partial charge in [-0.15, -0.1) is 24.0 Å². The van der Waals surface area contributed by atoms with Gasteiger partial charge in [0.2, 0.25) is 0 Å². The third-order valence-corrected chi connectivity index (χ3v) is 6.30. The number of carbonyl (C=O) groups is 1. The minimum absolute atomic E-state index is 0. The smallest absolute Gasteiger partial charge is 0.258 e. The fourth-order valence-corrected chi connectivity index (χ4v) is 4.25. The van der Waals surface area contributed by atoms with Crippen molar-refractivity contribution in [2.45, 2.75) is 51.0 Å². The largest absolute Gasteiger partial charge is 0.484 e. The Morgan fingerprint density at radius 1 is 1.24 bits per heavy atom. The summed E-state index contributed by atoms with van der Waals surface area (Å²) in [5, 5.41) is 6.44. The molecule has 0 bridgehead atoms. The first-order chi connectivity index (χ1) is 13.7. The van der Waals surface area contributed by atoms with Crippen LogP contribution in [0.1, 0.15) is 44.1 Å². The van der Waals surface area contributed by atoms with Gasteiger partial charge >= 0.3 is 0 Å². The van der Waals surface area contributed by atoms with Crippen LogP contribution < -0.4 is 15.4 Å². The number of amides is 1. The summed E-state index contributed by atoms with van der Waals surface area (Å²) in [4.78, 5) is 18.6. The molecule has 1 aromatic carbocycles. The fourth-order valence-electron chi connectivity index (χ4n) is 4.25. The molecule has 29 heavy (non-hydrogen) atoms. The van der Waals surface area contributed by atoms with Crippen molar-refractivity contribution in [3.63, 3.8) is 0 Å². The lowest BCUT2D eigenvalue weighted by atomic mass is 9.68. The molecule has 7 heteroatoms. The molecule has 2 saturated carbocycles. The number of benzene rings is 1. The molecule has 1 aliphatic heterocycles. The van der Waals surface area contributed by atoms with E-state index in [1.807, 2.05) is 19.2 Å². The number of nitrogens with one attached hydrogen (secondary N) is 2. The Morgan fingerprint density at radius 2 is 2.00 bits per heavy atom. The quantitative estimate of drug-likeness (QED) is 0.335. The zero-order chi connectivity index (χ0) is 19.4. The van der Waals surface area contributed by atoms with Crippen LogP contribution in [0, 0.1) is 5.41 Å². The van der Waals surface area contributed by atoms with Crippen LogP contribution in [0.5, 0.6) is 5.75 Å². The van der Waals surface area contributed by atoms with E-state index in [1.165, 1.54) is 31.2 Å². The molecule has 1 aromatic rings. The van der Waals surface area contributed by atoms with Gasteiger partial charge in [0.1, 0.15) is 5.75 Å². The molecule has 2 aliphatic carbocycles. The first-order valence-electron chi connectivity index (χ1n) is 10.6. The molecule has 1 saturated heterocycles. The summed E-state index contributed by atoms with van der Waals surface area (Å²) in [6.45, 7) is 3.23. The highest BCUT2D eigenvalue weighted by atomic mass is 127. The van der Waals surface area contributed by atoms with Crippen molar-refractivity contribution in [1.82, 2.24) is 15.5 Å². The van der Waals surface area contributed by atoms with E-state index in [-0.39, 0.29) is 36.5 Å². The Labute approximate surface area is 190 Å². The molecule has 2 N–H and O–H groups in total. The molecular formula is C22H33IN4O2. The van der Waals surface area contributed by atoms with Gasteiger partial charge in [-0.05, 0) is 61.6 Å². The molecule has 160 valence electrons. The number of aliphatic imine (C=N–C) groups is 1. The highest BCUT2D eigenvalue weighted by Crippen LogP contribution is 2.47. The zero-order valence-corrected chi connectivity index (χ0v) is 19.6. The summed E-state index contributed by atoms with van der Waals surface area (Å²) in [6, 6.07) is 8.39. The van der Waals surface area contributed by atoms with Gasteiger partial charge in [0.25, 0.3) is 5.91 Å². The van der Waals surface area contributed by atoms with Crippen molar-refractivity contribution in [3.05, 3.63) is 29.8 Å². The van der Waals surface area contributed by atoms with E-state index in [0.717, 1.165) is 50.6 Å². The number of hydrogen-bond acceptors (Lipinski definition) is 3. The van der Waals surface area contributed by atoms with Crippen LogP contribution >= 0.6 is 24.0 Å². The standard InChI is InChI=1S/C22H32N4O2.HI/c1-23-21(26-14-12-22(16-26)10-2-11-22)24-13-9-17-3-7-19(8-4-17)28-15-20(27)25-18-5-6-18;/h3-4,7-8,18H,2,5-6,9-16H2,1H3,(H,23,24)(H,25,27);1H. The van der Waals surface area contributed by atoms with E-state index in [2.05, 4.69) is 32.7 Å². The Kier molecular flexibility index (Phi) is 7.65. The molecule has 3 fully saturated rings. The van der Waals surface area contributed by atoms with Gasteiger partial charge in [0.15, 0.2) is 12.6 Å². The third kappa shape index (κ3) is 5.99. The van der Waals surface area contributed by atoms with Crippen LogP contribution in [0.25, 0.3) is 0 Å². The van der Waals surface area contributed by atoms with E-state index in [4.69, 9.17) is 4.74 Å². The molecule has 0 unspecified atom stereocenters. The number of nitrogens with zero attached hydrogens (tertiary/aromatic N) is 2. The molecule has 0 radical (unpaired) electrons. The van der Waals surface area contributed by atoms with Gasteiger partial charge < -0.3 is 20.3 Å². The predicted octanol–water partition coefficient (Wildman–Crippen LogP) is 2.96. The van der Waals surface area contributed by atoms with E-state index in [9.17, 15) is 4.79 Å². The topological polar surface area (TPSA) is 66.0 Å². The van der Waals surface area contributed by atoms with Gasteiger partial charge in [-0.1, -0.05) is 18.6 Å². The Hall–Kier alpha value is -1.51. The summed E-state index contributed by atoms with van der Waals surface area (Å²) in [7, 11) is 1.87. The summed E-state index contributed by atoms with van der Waals surface area (Å²) in [5.74, 6) is 1.74. The molecule has 1 spiro atoms. The van der Waals surface area contributed by atoms with Crippen LogP contribution in [0.3, 0.4) is 0 Å². The maximum atomic E-state index is 11.7. The van der Waals surface area contributed by atoms with Crippen molar-refractivity contribution < 1.29 is 9.53 Å². The number of guanidine groups is 1. The maximum Gasteiger partial charge on any atom is 0.258 e. The normalized spacial score (nSPS) is 20.0. The van der Waals surface area contributed by atoms with E-state index < -0.39 is 0 Å². The minimum atomic E-state index is -0.0345. The highest BCUT2D eigenvalue weighted by molar-refractivity contribution is 14.0. The second-order valence-corrected chi connectivity index (χ2v) is 8.52. The molecule has 0 aromatic heterocycles. The molecule has 0 atom stereocenters. The number of halogens is 1. The Balaban J connectivity index is 0.00000240. The lowest BCUT2D eigenvalue weighted by Gasteiger charge is -2.38. The minimum Gasteiger partial charge on any atom is -0.484 e. The second kappa shape index (κ2) is 10.00. The first kappa shape index (κ1) is 22.2. The summed E-state index contributed by atoms with van der Waals surface area (Å²) >= 11 is 0. The third-order valence-electron chi connectivity index (χ3n) is 6.30. The summed E-state index contributed by atoms with van der Waals surface area (Å²) in [5.41, 5.74) is 1.83. The number of rotatable bonds is 7. The fraction of sp³-hybridized carbons (Fsp3) is 0.636. The van der Waals surface area contributed by atoms with Crippen molar-refractivity contribution in [1.29, 1.82) is 0 Å². The Morgan fingerprint density at radius 3 is 2.59 bits per heavy atom. The first-order valence-corrected chi connectivity index (χ1v) is 10.6. The van der Waals surface area contributed by atoms with E-state index >= 15 is 0 Å². The van der Waals surface area contributed by atoms with Crippen molar-refractivity contribution in [2.75, 3.05) is 33.3 Å². The average molecular weight is 512 g/mol. The SMILES string of the molecule is CN=C(NCCc1ccc(OCC(=O)NC2CC2)cc1)N1CCC2(CCC2)C1.I. The van der Waals surface area contributed by atoms with Crippen LogP contribution in [-0.4, -0.2) is 56.1 Å². The highest BCUT2D eigenvalue weighted by Gasteiger charge is 2.43. The number of carbonyl (C=O) groups excluding carboxylic acids is 1. The van der Waals surface area contributed by atoms with Crippen LogP contribution in [0.15, 0.2) is 29.3 Å². The molecule has 4 rings (SSSR count). The van der Waals surface area contributed by atoms with E-state index in [1.54, 1.807) is 0 Å². The zero-order valence-electron chi connectivity index (χ0n) is 17.3. The lowest BCUT2D eigenvalue weighted by molar-refractivity contribution is -0.123. The van der Waals surface area contributed by atoms with Crippen LogP contribution in [0.2, 0.25) is 0 Å². The molecule has 3 aliphatic rings. The monoisotopic (exact) mass is 512 g/mol. The molecule has 6 nitrogen and oxygen atoms in total. The van der Waals surface area contributed by atoms with Crippen molar-refractivity contribution >= 4 is 35.8 Å². The summed E-state index contributed by atoms with van der Waals surface area (Å²) < 4.78 is 5.56. The lowest BCUT2D eigenvalue weighted by Crippen LogP contribution is -2.43. The maximum absolute atomic E-state index is 11.7. The summed E-state index contributed by atoms with van der Waals surface area (Å²) in [6.07, 6.45) is 8.60. The van der Waals surface area contributed by atoms with Gasteiger partial charge in [-0.2, -0.15) is 0 Å². The van der Waals surface area contributed by atoms with E-state index in [0.29, 0.717) is 11.5 Å². The molecular weight excluding hydrogens is 479 g/mol. The van der Waals surface area contributed by atoms with Crippen LogP contribution in [0.4, 0.5) is 0 Å². The van der Waals surface area contributed by atoms with Crippen molar-refractivity contribution in [2.24, 2.45) is 10.4 Å². The van der Waals surface area contributed by atoms with Gasteiger partial charge in [0.05, 0.1) is 0 Å². The van der Waals surface area contributed by atoms with Crippen LogP contribution in [-0.2, 0) is 11.2 Å². The number of likely N-dealkylation sites (tertiary alicyclic amines) is 1. The Bertz CT molecular complexity index is 714. The molecule has 1 amide bonds. The second-order valence-electron chi connectivity index (χ2n) is 8.52. The van der Waals surface area contributed by atoms with Gasteiger partial charge in [-0.25, -0.2) is 0 Å². The number of hydrogen-bond donors (Lipinski definition) is 2. The number of ether oxygens (including phenoxy) is 1. The van der Waals surface area contributed by atoms with Gasteiger partial charge in [-0.3, -0.25) is 9.79 Å². The van der Waals surface area contributed by atoms with Gasteiger partial charge in [0, 0.05) is 32.7 Å². The molecule has 1 heterocycles. The van der Waals surface area contributed by atoms with Crippen molar-refractivity contribution in [3.8, 4) is 5.75 Å².